The van der Waals surface area contributed by atoms with Crippen molar-refractivity contribution in [2.24, 2.45) is 0 Å². The van der Waals surface area contributed by atoms with Crippen LogP contribution in [0.4, 0.5) is 0 Å². The Balaban J connectivity index is 1.89. The molecule has 0 aliphatic carbocycles. The molecule has 1 aromatic carbocycles. The molecule has 0 saturated carbocycles. The minimum Gasteiger partial charge on any atom is -0.356 e. The summed E-state index contributed by atoms with van der Waals surface area (Å²) >= 11 is 0. The first-order valence-electron chi connectivity index (χ1n) is 6.94. The standard InChI is InChI=1S/C15H20N4O/c1-3-4-14(20)16-10-9-13-17-15(19-18-13)12-7-5-11(2)6-8-12/h5-8H,3-4,9-10H2,1-2H3,(H,16,20)(H,17,18,19). The van der Waals surface area contributed by atoms with E-state index in [4.69, 9.17) is 0 Å². The minimum absolute atomic E-state index is 0.0887. The lowest BCUT2D eigenvalue weighted by molar-refractivity contribution is -0.121. The molecule has 0 saturated heterocycles. The summed E-state index contributed by atoms with van der Waals surface area (Å²) in [5, 5.41) is 9.98. The average Bonchev–Trinajstić information content (AvgIpc) is 2.89. The number of amides is 1. The van der Waals surface area contributed by atoms with Crippen LogP contribution in [0.1, 0.15) is 31.2 Å². The minimum atomic E-state index is 0.0887. The zero-order chi connectivity index (χ0) is 14.4. The molecule has 2 aromatic rings. The third-order valence-corrected chi connectivity index (χ3v) is 3.00. The van der Waals surface area contributed by atoms with E-state index in [1.165, 1.54) is 5.56 Å². The number of carbonyl (C=O) groups excluding carboxylic acids is 1. The molecule has 5 nitrogen and oxygen atoms in total. The Morgan fingerprint density at radius 3 is 2.75 bits per heavy atom. The first-order valence-corrected chi connectivity index (χ1v) is 6.94. The molecule has 1 heterocycles. The average molecular weight is 272 g/mol. The predicted molar refractivity (Wildman–Crippen MR) is 78.2 cm³/mol. The molecule has 2 rings (SSSR count). The van der Waals surface area contributed by atoms with Crippen molar-refractivity contribution in [2.75, 3.05) is 6.54 Å². The van der Waals surface area contributed by atoms with E-state index in [-0.39, 0.29) is 5.91 Å². The second kappa shape index (κ2) is 6.84. The van der Waals surface area contributed by atoms with Crippen LogP contribution < -0.4 is 5.32 Å². The van der Waals surface area contributed by atoms with E-state index in [1.54, 1.807) is 0 Å². The summed E-state index contributed by atoms with van der Waals surface area (Å²) in [6, 6.07) is 8.09. The molecule has 0 atom stereocenters. The van der Waals surface area contributed by atoms with E-state index in [0.29, 0.717) is 25.2 Å². The van der Waals surface area contributed by atoms with Gasteiger partial charge in [0.1, 0.15) is 5.82 Å². The number of aromatic amines is 1. The molecule has 0 unspecified atom stereocenters. The van der Waals surface area contributed by atoms with Gasteiger partial charge in [0, 0.05) is 24.9 Å². The van der Waals surface area contributed by atoms with Crippen LogP contribution in [0.2, 0.25) is 0 Å². The van der Waals surface area contributed by atoms with E-state index in [9.17, 15) is 4.79 Å². The fourth-order valence-corrected chi connectivity index (χ4v) is 1.87. The molecule has 106 valence electrons. The van der Waals surface area contributed by atoms with Crippen molar-refractivity contribution in [2.45, 2.75) is 33.1 Å². The summed E-state index contributed by atoms with van der Waals surface area (Å²) in [5.41, 5.74) is 2.20. The van der Waals surface area contributed by atoms with Crippen LogP contribution in [-0.2, 0) is 11.2 Å². The van der Waals surface area contributed by atoms with Crippen molar-refractivity contribution < 1.29 is 4.79 Å². The largest absolute Gasteiger partial charge is 0.356 e. The highest BCUT2D eigenvalue weighted by molar-refractivity contribution is 5.75. The molecule has 0 bridgehead atoms. The number of nitrogens with one attached hydrogen (secondary N) is 2. The lowest BCUT2D eigenvalue weighted by Gasteiger charge is -2.01. The Morgan fingerprint density at radius 2 is 2.05 bits per heavy atom. The topological polar surface area (TPSA) is 70.7 Å². The summed E-state index contributed by atoms with van der Waals surface area (Å²) in [7, 11) is 0. The van der Waals surface area contributed by atoms with Gasteiger partial charge in [0.25, 0.3) is 0 Å². The number of hydrogen-bond acceptors (Lipinski definition) is 3. The number of aromatic nitrogens is 3. The maximum atomic E-state index is 11.3. The van der Waals surface area contributed by atoms with Gasteiger partial charge in [-0.2, -0.15) is 5.10 Å². The Morgan fingerprint density at radius 1 is 1.30 bits per heavy atom. The Labute approximate surface area is 118 Å². The zero-order valence-corrected chi connectivity index (χ0v) is 11.9. The first-order chi connectivity index (χ1) is 9.69. The van der Waals surface area contributed by atoms with E-state index in [2.05, 4.69) is 20.5 Å². The quantitative estimate of drug-likeness (QED) is 0.847. The monoisotopic (exact) mass is 272 g/mol. The fraction of sp³-hybridized carbons (Fsp3) is 0.400. The maximum absolute atomic E-state index is 11.3. The summed E-state index contributed by atoms with van der Waals surface area (Å²) in [5.74, 6) is 1.57. The van der Waals surface area contributed by atoms with Crippen LogP contribution in [0, 0.1) is 6.92 Å². The Kier molecular flexibility index (Phi) is 4.87. The lowest BCUT2D eigenvalue weighted by atomic mass is 10.1. The second-order valence-electron chi connectivity index (χ2n) is 4.82. The predicted octanol–water partition coefficient (Wildman–Crippen LogP) is 2.24. The number of nitrogens with zero attached hydrogens (tertiary/aromatic N) is 2. The molecule has 0 aliphatic heterocycles. The molecule has 1 aromatic heterocycles. The first kappa shape index (κ1) is 14.2. The lowest BCUT2D eigenvalue weighted by Crippen LogP contribution is -2.25. The van der Waals surface area contributed by atoms with Crippen LogP contribution in [0.25, 0.3) is 11.4 Å². The van der Waals surface area contributed by atoms with Crippen molar-refractivity contribution in [1.82, 2.24) is 20.5 Å². The van der Waals surface area contributed by atoms with E-state index in [1.807, 2.05) is 38.1 Å². The molecule has 0 spiro atoms. The highest BCUT2D eigenvalue weighted by atomic mass is 16.1. The van der Waals surface area contributed by atoms with Crippen molar-refractivity contribution in [3.63, 3.8) is 0 Å². The van der Waals surface area contributed by atoms with Gasteiger partial charge in [-0.1, -0.05) is 36.8 Å². The van der Waals surface area contributed by atoms with E-state index in [0.717, 1.165) is 17.8 Å². The van der Waals surface area contributed by atoms with Crippen molar-refractivity contribution in [3.8, 4) is 11.4 Å². The highest BCUT2D eigenvalue weighted by Gasteiger charge is 2.06. The number of carbonyl (C=O) groups is 1. The van der Waals surface area contributed by atoms with Gasteiger partial charge in [-0.05, 0) is 13.3 Å². The van der Waals surface area contributed by atoms with Gasteiger partial charge in [0.15, 0.2) is 5.82 Å². The number of H-pyrrole nitrogens is 1. The van der Waals surface area contributed by atoms with Gasteiger partial charge in [-0.3, -0.25) is 9.89 Å². The Hall–Kier alpha value is -2.17. The smallest absolute Gasteiger partial charge is 0.219 e. The molecular weight excluding hydrogens is 252 g/mol. The van der Waals surface area contributed by atoms with Crippen LogP contribution >= 0.6 is 0 Å². The van der Waals surface area contributed by atoms with Crippen LogP contribution in [0.5, 0.6) is 0 Å². The highest BCUT2D eigenvalue weighted by Crippen LogP contribution is 2.15. The van der Waals surface area contributed by atoms with Crippen LogP contribution in [0.15, 0.2) is 24.3 Å². The third kappa shape index (κ3) is 3.91. The summed E-state index contributed by atoms with van der Waals surface area (Å²) in [6.45, 7) is 4.62. The molecule has 0 radical (unpaired) electrons. The molecule has 1 amide bonds. The number of hydrogen-bond donors (Lipinski definition) is 2. The zero-order valence-electron chi connectivity index (χ0n) is 11.9. The number of aryl methyl sites for hydroxylation is 1. The van der Waals surface area contributed by atoms with Gasteiger partial charge >= 0.3 is 0 Å². The van der Waals surface area contributed by atoms with Gasteiger partial charge in [-0.15, -0.1) is 0 Å². The van der Waals surface area contributed by atoms with Crippen LogP contribution in [0.3, 0.4) is 0 Å². The van der Waals surface area contributed by atoms with Crippen molar-refractivity contribution in [1.29, 1.82) is 0 Å². The van der Waals surface area contributed by atoms with Gasteiger partial charge in [0.2, 0.25) is 5.91 Å². The normalized spacial score (nSPS) is 10.5. The second-order valence-corrected chi connectivity index (χ2v) is 4.82. The molecule has 0 aliphatic rings. The molecule has 2 N–H and O–H groups in total. The molecule has 0 fully saturated rings. The van der Waals surface area contributed by atoms with Gasteiger partial charge in [-0.25, -0.2) is 4.98 Å². The fourth-order valence-electron chi connectivity index (χ4n) is 1.87. The van der Waals surface area contributed by atoms with Gasteiger partial charge < -0.3 is 5.32 Å². The summed E-state index contributed by atoms with van der Waals surface area (Å²) in [4.78, 5) is 15.8. The molecular formula is C15H20N4O. The summed E-state index contributed by atoms with van der Waals surface area (Å²) < 4.78 is 0. The van der Waals surface area contributed by atoms with Crippen LogP contribution in [-0.4, -0.2) is 27.6 Å². The van der Waals surface area contributed by atoms with Crippen molar-refractivity contribution in [3.05, 3.63) is 35.7 Å². The third-order valence-electron chi connectivity index (χ3n) is 3.00. The summed E-state index contributed by atoms with van der Waals surface area (Å²) in [6.07, 6.45) is 2.10. The Bertz CT molecular complexity index is 560. The number of benzene rings is 1. The van der Waals surface area contributed by atoms with Crippen molar-refractivity contribution >= 4 is 5.91 Å². The van der Waals surface area contributed by atoms with Gasteiger partial charge in [0.05, 0.1) is 0 Å². The van der Waals surface area contributed by atoms with E-state index < -0.39 is 0 Å². The molecule has 5 heteroatoms. The number of rotatable bonds is 6. The SMILES string of the molecule is CCCC(=O)NCCc1nc(-c2ccc(C)cc2)n[nH]1. The maximum Gasteiger partial charge on any atom is 0.219 e. The van der Waals surface area contributed by atoms with E-state index >= 15 is 0 Å². The molecule has 20 heavy (non-hydrogen) atoms.